The molecule has 2 fully saturated rings. The lowest BCUT2D eigenvalue weighted by Crippen LogP contribution is -2.58. The number of hydrogen-bond acceptors (Lipinski definition) is 3. The zero-order valence-electron chi connectivity index (χ0n) is 12.7. The highest BCUT2D eigenvalue weighted by Crippen LogP contribution is 2.28. The third-order valence-electron chi connectivity index (χ3n) is 4.80. The Kier molecular flexibility index (Phi) is 4.85. The van der Waals surface area contributed by atoms with Gasteiger partial charge in [-0.2, -0.15) is 0 Å². The molecule has 0 aliphatic carbocycles. The lowest BCUT2D eigenvalue weighted by Gasteiger charge is -2.40. The van der Waals surface area contributed by atoms with Gasteiger partial charge in [0.15, 0.2) is 0 Å². The van der Waals surface area contributed by atoms with Gasteiger partial charge in [-0.25, -0.2) is 0 Å². The Bertz CT molecular complexity index is 313. The van der Waals surface area contributed by atoms with Crippen LogP contribution in [0.3, 0.4) is 0 Å². The minimum absolute atomic E-state index is 0.264. The molecule has 2 saturated heterocycles. The van der Waals surface area contributed by atoms with Gasteiger partial charge in [-0.15, -0.1) is 0 Å². The number of nitrogens with zero attached hydrogens (tertiary/aromatic N) is 2. The molecular weight excluding hydrogens is 238 g/mol. The predicted molar refractivity (Wildman–Crippen MR) is 78.2 cm³/mol. The first-order valence-electron chi connectivity index (χ1n) is 7.80. The molecule has 4 nitrogen and oxygen atoms in total. The molecule has 110 valence electrons. The number of likely N-dealkylation sites (N-methyl/N-ethyl adjacent to an activating group) is 2. The number of carbonyl (C=O) groups excluding carboxylic acids is 1. The summed E-state index contributed by atoms with van der Waals surface area (Å²) in [6.07, 6.45) is 6.52. The van der Waals surface area contributed by atoms with E-state index in [1.807, 2.05) is 11.9 Å². The maximum atomic E-state index is 12.9. The van der Waals surface area contributed by atoms with E-state index in [4.69, 9.17) is 0 Å². The molecule has 2 atom stereocenters. The lowest BCUT2D eigenvalue weighted by atomic mass is 9.89. The average Bonchev–Trinajstić information content (AvgIpc) is 2.87. The highest BCUT2D eigenvalue weighted by Gasteiger charge is 2.43. The molecule has 2 heterocycles. The van der Waals surface area contributed by atoms with Gasteiger partial charge in [0, 0.05) is 19.6 Å². The van der Waals surface area contributed by atoms with Gasteiger partial charge in [-0.3, -0.25) is 4.79 Å². The molecule has 2 aliphatic rings. The topological polar surface area (TPSA) is 35.6 Å². The standard InChI is InChI=1S/C15H29N3O/c1-4-8-15(9-6-10-16-15)14(19)18(3)13-7-5-11-17(2)12-13/h13,16H,4-12H2,1-3H3. The van der Waals surface area contributed by atoms with Gasteiger partial charge in [0.2, 0.25) is 5.91 Å². The van der Waals surface area contributed by atoms with Gasteiger partial charge in [0.25, 0.3) is 0 Å². The van der Waals surface area contributed by atoms with Crippen molar-refractivity contribution in [3.8, 4) is 0 Å². The SMILES string of the molecule is CCCC1(C(=O)N(C)C2CCCN(C)C2)CCCN1. The van der Waals surface area contributed by atoms with Crippen LogP contribution in [0.25, 0.3) is 0 Å². The predicted octanol–water partition coefficient (Wildman–Crippen LogP) is 1.46. The highest BCUT2D eigenvalue weighted by molar-refractivity contribution is 5.86. The van der Waals surface area contributed by atoms with E-state index in [0.717, 1.165) is 51.7 Å². The van der Waals surface area contributed by atoms with E-state index < -0.39 is 0 Å². The minimum atomic E-state index is -0.264. The van der Waals surface area contributed by atoms with E-state index in [2.05, 4.69) is 24.2 Å². The van der Waals surface area contributed by atoms with Gasteiger partial charge >= 0.3 is 0 Å². The maximum absolute atomic E-state index is 12.9. The molecule has 2 unspecified atom stereocenters. The molecular formula is C15H29N3O. The number of hydrogen-bond donors (Lipinski definition) is 1. The van der Waals surface area contributed by atoms with Crippen molar-refractivity contribution in [2.45, 2.75) is 57.0 Å². The quantitative estimate of drug-likeness (QED) is 0.837. The van der Waals surface area contributed by atoms with E-state index in [9.17, 15) is 4.79 Å². The Labute approximate surface area is 117 Å². The Morgan fingerprint density at radius 2 is 2.26 bits per heavy atom. The van der Waals surface area contributed by atoms with Gasteiger partial charge in [-0.05, 0) is 52.2 Å². The highest BCUT2D eigenvalue weighted by atomic mass is 16.2. The zero-order valence-corrected chi connectivity index (χ0v) is 12.7. The van der Waals surface area contributed by atoms with Crippen molar-refractivity contribution < 1.29 is 4.79 Å². The molecule has 0 aromatic heterocycles. The zero-order chi connectivity index (χ0) is 13.9. The van der Waals surface area contributed by atoms with Crippen molar-refractivity contribution in [3.63, 3.8) is 0 Å². The summed E-state index contributed by atoms with van der Waals surface area (Å²) in [6, 6.07) is 0.391. The summed E-state index contributed by atoms with van der Waals surface area (Å²) < 4.78 is 0. The van der Waals surface area contributed by atoms with Gasteiger partial charge in [-0.1, -0.05) is 13.3 Å². The summed E-state index contributed by atoms with van der Waals surface area (Å²) in [5.74, 6) is 0.326. The number of rotatable bonds is 4. The van der Waals surface area contributed by atoms with Crippen molar-refractivity contribution in [1.29, 1.82) is 0 Å². The summed E-state index contributed by atoms with van der Waals surface area (Å²) >= 11 is 0. The Morgan fingerprint density at radius 3 is 2.84 bits per heavy atom. The lowest BCUT2D eigenvalue weighted by molar-refractivity contribution is -0.140. The van der Waals surface area contributed by atoms with Crippen LogP contribution >= 0.6 is 0 Å². The Balaban J connectivity index is 2.04. The van der Waals surface area contributed by atoms with Gasteiger partial charge in [0.05, 0.1) is 5.54 Å². The molecule has 0 spiro atoms. The summed E-state index contributed by atoms with van der Waals surface area (Å²) in [5.41, 5.74) is -0.264. The molecule has 1 amide bonds. The monoisotopic (exact) mass is 267 g/mol. The Hall–Kier alpha value is -0.610. The first kappa shape index (κ1) is 14.8. The van der Waals surface area contributed by atoms with E-state index >= 15 is 0 Å². The number of nitrogens with one attached hydrogen (secondary N) is 1. The smallest absolute Gasteiger partial charge is 0.242 e. The van der Waals surface area contributed by atoms with Crippen LogP contribution < -0.4 is 5.32 Å². The van der Waals surface area contributed by atoms with E-state index in [-0.39, 0.29) is 5.54 Å². The average molecular weight is 267 g/mol. The number of carbonyl (C=O) groups is 1. The van der Waals surface area contributed by atoms with Crippen molar-refractivity contribution in [3.05, 3.63) is 0 Å². The van der Waals surface area contributed by atoms with Crippen LogP contribution in [0.4, 0.5) is 0 Å². The van der Waals surface area contributed by atoms with E-state index in [1.54, 1.807) is 0 Å². The molecule has 19 heavy (non-hydrogen) atoms. The summed E-state index contributed by atoms with van der Waals surface area (Å²) in [6.45, 7) is 5.34. The van der Waals surface area contributed by atoms with Crippen LogP contribution in [-0.4, -0.2) is 61.0 Å². The molecule has 0 saturated carbocycles. The largest absolute Gasteiger partial charge is 0.340 e. The first-order valence-corrected chi connectivity index (χ1v) is 7.80. The molecule has 0 aromatic rings. The molecule has 1 N–H and O–H groups in total. The van der Waals surface area contributed by atoms with E-state index in [0.29, 0.717) is 11.9 Å². The summed E-state index contributed by atoms with van der Waals surface area (Å²) in [5, 5.41) is 3.50. The number of piperidine rings is 1. The van der Waals surface area contributed by atoms with Gasteiger partial charge in [0.1, 0.15) is 0 Å². The molecule has 2 aliphatic heterocycles. The third-order valence-corrected chi connectivity index (χ3v) is 4.80. The van der Waals surface area contributed by atoms with E-state index in [1.165, 1.54) is 6.42 Å². The molecule has 0 bridgehead atoms. The second kappa shape index (κ2) is 6.23. The van der Waals surface area contributed by atoms with Crippen LogP contribution in [0.1, 0.15) is 45.4 Å². The molecule has 0 aromatic carbocycles. The maximum Gasteiger partial charge on any atom is 0.242 e. The van der Waals surface area contributed by atoms with Crippen LogP contribution in [0.5, 0.6) is 0 Å². The third kappa shape index (κ3) is 3.11. The van der Waals surface area contributed by atoms with Crippen LogP contribution in [0.15, 0.2) is 0 Å². The Morgan fingerprint density at radius 1 is 1.47 bits per heavy atom. The fraction of sp³-hybridized carbons (Fsp3) is 0.933. The second-order valence-electron chi connectivity index (χ2n) is 6.34. The molecule has 0 radical (unpaired) electrons. The first-order chi connectivity index (χ1) is 9.09. The fourth-order valence-corrected chi connectivity index (χ4v) is 3.69. The number of amides is 1. The normalized spacial score (nSPS) is 32.5. The minimum Gasteiger partial charge on any atom is -0.340 e. The molecule has 4 heteroatoms. The summed E-state index contributed by atoms with van der Waals surface area (Å²) in [4.78, 5) is 17.3. The van der Waals surface area contributed by atoms with Crippen LogP contribution in [-0.2, 0) is 4.79 Å². The van der Waals surface area contributed by atoms with Crippen LogP contribution in [0.2, 0.25) is 0 Å². The molecule has 2 rings (SSSR count). The fourth-order valence-electron chi connectivity index (χ4n) is 3.69. The summed E-state index contributed by atoms with van der Waals surface area (Å²) in [7, 11) is 4.16. The van der Waals surface area contributed by atoms with Crippen LogP contribution in [0, 0.1) is 0 Å². The van der Waals surface area contributed by atoms with Crippen molar-refractivity contribution in [1.82, 2.24) is 15.1 Å². The van der Waals surface area contributed by atoms with Crippen molar-refractivity contribution in [2.24, 2.45) is 0 Å². The van der Waals surface area contributed by atoms with Crippen molar-refractivity contribution in [2.75, 3.05) is 33.7 Å². The second-order valence-corrected chi connectivity index (χ2v) is 6.34. The van der Waals surface area contributed by atoms with Gasteiger partial charge < -0.3 is 15.1 Å². The number of likely N-dealkylation sites (tertiary alicyclic amines) is 1. The van der Waals surface area contributed by atoms with Crippen molar-refractivity contribution >= 4 is 5.91 Å².